The van der Waals surface area contributed by atoms with Gasteiger partial charge in [-0.3, -0.25) is 4.99 Å². The Morgan fingerprint density at radius 2 is 1.96 bits per heavy atom. The minimum absolute atomic E-state index is 0.319. The Bertz CT molecular complexity index is 823. The minimum atomic E-state index is -0.399. The van der Waals surface area contributed by atoms with Crippen molar-refractivity contribution in [2.45, 2.75) is 24.5 Å². The Balaban J connectivity index is 1.79. The highest BCUT2D eigenvalue weighted by molar-refractivity contribution is 8.13. The summed E-state index contributed by atoms with van der Waals surface area (Å²) in [4.78, 5) is 4.84. The van der Waals surface area contributed by atoms with Gasteiger partial charge < -0.3 is 15.6 Å². The van der Waals surface area contributed by atoms with Gasteiger partial charge in [-0.05, 0) is 41.3 Å². The van der Waals surface area contributed by atoms with Crippen molar-refractivity contribution >= 4 is 16.9 Å². The molecule has 3 atom stereocenters. The van der Waals surface area contributed by atoms with Gasteiger partial charge in [0.1, 0.15) is 5.75 Å². The first-order chi connectivity index (χ1) is 12.1. The van der Waals surface area contributed by atoms with Crippen molar-refractivity contribution in [1.82, 2.24) is 0 Å². The van der Waals surface area contributed by atoms with Gasteiger partial charge in [0, 0.05) is 18.1 Å². The van der Waals surface area contributed by atoms with Crippen LogP contribution in [0.3, 0.4) is 0 Å². The molecule has 5 heteroatoms. The zero-order chi connectivity index (χ0) is 17.4. The van der Waals surface area contributed by atoms with E-state index in [2.05, 4.69) is 30.3 Å². The van der Waals surface area contributed by atoms with Gasteiger partial charge in [-0.1, -0.05) is 42.1 Å². The third-order valence-electron chi connectivity index (χ3n) is 5.29. The number of fused-ring (bicyclic) bond motifs is 1. The lowest BCUT2D eigenvalue weighted by Crippen LogP contribution is -2.36. The van der Waals surface area contributed by atoms with E-state index in [1.807, 2.05) is 18.2 Å². The summed E-state index contributed by atoms with van der Waals surface area (Å²) in [5, 5.41) is 10.9. The lowest BCUT2D eigenvalue weighted by atomic mass is 9.80. The van der Waals surface area contributed by atoms with Crippen molar-refractivity contribution < 1.29 is 9.84 Å². The highest BCUT2D eigenvalue weighted by Gasteiger charge is 2.50. The van der Waals surface area contributed by atoms with E-state index in [-0.39, 0.29) is 6.10 Å². The SMILES string of the molecule is COc1cccc(-c2cccc(C34CC(O)CC3CSC(N)=N4)c2)c1. The van der Waals surface area contributed by atoms with Crippen LogP contribution in [0.1, 0.15) is 18.4 Å². The number of nitrogens with zero attached hydrogens (tertiary/aromatic N) is 1. The van der Waals surface area contributed by atoms with E-state index in [0.29, 0.717) is 17.5 Å². The first-order valence-corrected chi connectivity index (χ1v) is 9.50. The molecule has 25 heavy (non-hydrogen) atoms. The number of methoxy groups -OCH3 is 1. The molecule has 130 valence electrons. The molecular weight excluding hydrogens is 332 g/mol. The van der Waals surface area contributed by atoms with E-state index in [0.717, 1.165) is 34.6 Å². The Kier molecular flexibility index (Phi) is 4.21. The lowest BCUT2D eigenvalue weighted by Gasteiger charge is -2.35. The first kappa shape index (κ1) is 16.5. The Morgan fingerprint density at radius 1 is 1.20 bits per heavy atom. The van der Waals surface area contributed by atoms with E-state index in [1.54, 1.807) is 18.9 Å². The van der Waals surface area contributed by atoms with Crippen molar-refractivity contribution in [2.24, 2.45) is 16.6 Å². The van der Waals surface area contributed by atoms with Gasteiger partial charge in [-0.2, -0.15) is 0 Å². The maximum absolute atomic E-state index is 10.3. The maximum Gasteiger partial charge on any atom is 0.154 e. The number of benzene rings is 2. The molecule has 3 N–H and O–H groups in total. The van der Waals surface area contributed by atoms with Gasteiger partial charge in [0.15, 0.2) is 5.17 Å². The molecule has 1 aliphatic carbocycles. The second-order valence-corrected chi connectivity index (χ2v) is 7.83. The first-order valence-electron chi connectivity index (χ1n) is 8.52. The van der Waals surface area contributed by atoms with Crippen molar-refractivity contribution in [2.75, 3.05) is 12.9 Å². The molecule has 0 radical (unpaired) electrons. The zero-order valence-electron chi connectivity index (χ0n) is 14.2. The number of ether oxygens (including phenoxy) is 1. The molecule has 4 rings (SSSR count). The van der Waals surface area contributed by atoms with Crippen LogP contribution in [0.25, 0.3) is 11.1 Å². The maximum atomic E-state index is 10.3. The Labute approximate surface area is 152 Å². The minimum Gasteiger partial charge on any atom is -0.497 e. The van der Waals surface area contributed by atoms with Gasteiger partial charge >= 0.3 is 0 Å². The predicted octanol–water partition coefficient (Wildman–Crippen LogP) is 3.39. The summed E-state index contributed by atoms with van der Waals surface area (Å²) in [5.74, 6) is 2.07. The summed E-state index contributed by atoms with van der Waals surface area (Å²) in [5.41, 5.74) is 9.03. The van der Waals surface area contributed by atoms with Crippen molar-refractivity contribution in [3.63, 3.8) is 0 Å². The number of nitrogens with two attached hydrogens (primary N) is 1. The summed E-state index contributed by atoms with van der Waals surface area (Å²) >= 11 is 1.60. The summed E-state index contributed by atoms with van der Waals surface area (Å²) in [6, 6.07) is 16.5. The summed E-state index contributed by atoms with van der Waals surface area (Å²) in [7, 11) is 1.68. The van der Waals surface area contributed by atoms with Crippen LogP contribution in [0.5, 0.6) is 5.75 Å². The van der Waals surface area contributed by atoms with Crippen LogP contribution in [0.15, 0.2) is 53.5 Å². The van der Waals surface area contributed by atoms with Crippen LogP contribution in [0, 0.1) is 5.92 Å². The number of amidine groups is 1. The molecule has 1 aliphatic heterocycles. The zero-order valence-corrected chi connectivity index (χ0v) is 15.0. The molecule has 2 aromatic rings. The average molecular weight is 354 g/mol. The van der Waals surface area contributed by atoms with E-state index in [9.17, 15) is 5.11 Å². The van der Waals surface area contributed by atoms with Gasteiger partial charge in [0.2, 0.25) is 0 Å². The molecule has 1 saturated carbocycles. The summed E-state index contributed by atoms with van der Waals surface area (Å²) < 4.78 is 5.34. The second kappa shape index (κ2) is 6.39. The van der Waals surface area contributed by atoms with E-state index in [4.69, 9.17) is 15.5 Å². The van der Waals surface area contributed by atoms with Crippen LogP contribution in [0.2, 0.25) is 0 Å². The third-order valence-corrected chi connectivity index (χ3v) is 6.24. The van der Waals surface area contributed by atoms with Crippen LogP contribution in [-0.4, -0.2) is 29.2 Å². The van der Waals surface area contributed by atoms with Crippen molar-refractivity contribution in [3.05, 3.63) is 54.1 Å². The molecule has 1 heterocycles. The van der Waals surface area contributed by atoms with E-state index in [1.165, 1.54) is 0 Å². The highest BCUT2D eigenvalue weighted by Crippen LogP contribution is 2.51. The van der Waals surface area contributed by atoms with Crippen LogP contribution in [-0.2, 0) is 5.54 Å². The van der Waals surface area contributed by atoms with Gasteiger partial charge in [0.05, 0.1) is 18.8 Å². The lowest BCUT2D eigenvalue weighted by molar-refractivity contribution is 0.173. The smallest absolute Gasteiger partial charge is 0.154 e. The largest absolute Gasteiger partial charge is 0.497 e. The molecule has 2 aromatic carbocycles. The van der Waals surface area contributed by atoms with Gasteiger partial charge in [0.25, 0.3) is 0 Å². The number of thioether (sulfide) groups is 1. The molecule has 0 amide bonds. The fourth-order valence-corrected chi connectivity index (χ4v) is 5.09. The summed E-state index contributed by atoms with van der Waals surface area (Å²) in [6.45, 7) is 0. The summed E-state index contributed by atoms with van der Waals surface area (Å²) in [6.07, 6.45) is 1.11. The number of hydrogen-bond donors (Lipinski definition) is 2. The van der Waals surface area contributed by atoms with Crippen LogP contribution >= 0.6 is 11.8 Å². The highest BCUT2D eigenvalue weighted by atomic mass is 32.2. The van der Waals surface area contributed by atoms with Crippen LogP contribution in [0.4, 0.5) is 0 Å². The topological polar surface area (TPSA) is 67.8 Å². The molecule has 4 nitrogen and oxygen atoms in total. The molecule has 1 fully saturated rings. The Morgan fingerprint density at radius 3 is 2.76 bits per heavy atom. The molecule has 0 spiro atoms. The number of rotatable bonds is 3. The molecular formula is C20H22N2O2S. The number of hydrogen-bond acceptors (Lipinski definition) is 5. The monoisotopic (exact) mass is 354 g/mol. The fraction of sp³-hybridized carbons (Fsp3) is 0.350. The molecule has 3 unspecified atom stereocenters. The van der Waals surface area contributed by atoms with E-state index < -0.39 is 5.54 Å². The quantitative estimate of drug-likeness (QED) is 0.887. The van der Waals surface area contributed by atoms with Crippen LogP contribution < -0.4 is 10.5 Å². The molecule has 0 saturated heterocycles. The van der Waals surface area contributed by atoms with E-state index >= 15 is 0 Å². The van der Waals surface area contributed by atoms with Gasteiger partial charge in [-0.25, -0.2) is 0 Å². The fourth-order valence-electron chi connectivity index (χ4n) is 4.08. The molecule has 0 aromatic heterocycles. The Hall–Kier alpha value is -1.98. The second-order valence-electron chi connectivity index (χ2n) is 6.79. The molecule has 0 bridgehead atoms. The normalized spacial score (nSPS) is 28.3. The van der Waals surface area contributed by atoms with Crippen molar-refractivity contribution in [3.8, 4) is 16.9 Å². The predicted molar refractivity (Wildman–Crippen MR) is 103 cm³/mol. The number of aliphatic imine (C=N–C) groups is 1. The number of aliphatic hydroxyl groups excluding tert-OH is 1. The standard InChI is InChI=1S/C20H22N2O2S/c1-24-18-7-3-5-14(9-18)13-4-2-6-15(8-13)20-11-17(23)10-16(20)12-25-19(21)22-20/h2-9,16-17,23H,10-12H2,1H3,(H2,21,22). The third kappa shape index (κ3) is 2.92. The van der Waals surface area contributed by atoms with Gasteiger partial charge in [-0.15, -0.1) is 0 Å². The van der Waals surface area contributed by atoms with Crippen molar-refractivity contribution in [1.29, 1.82) is 0 Å². The molecule has 2 aliphatic rings. The number of aliphatic hydroxyl groups is 1. The average Bonchev–Trinajstić information content (AvgIpc) is 2.98.